The lowest BCUT2D eigenvalue weighted by Crippen LogP contribution is -2.39. The predicted octanol–water partition coefficient (Wildman–Crippen LogP) is 6.34. The maximum absolute atomic E-state index is 13.8. The predicted molar refractivity (Wildman–Crippen MR) is 155 cm³/mol. The Labute approximate surface area is 229 Å². The van der Waals surface area contributed by atoms with Gasteiger partial charge in [-0.2, -0.15) is 0 Å². The first-order valence-corrected chi connectivity index (χ1v) is 13.9. The van der Waals surface area contributed by atoms with E-state index in [0.29, 0.717) is 28.6 Å². The molecule has 8 heteroatoms. The van der Waals surface area contributed by atoms with Gasteiger partial charge in [-0.3, -0.25) is 9.59 Å². The van der Waals surface area contributed by atoms with Gasteiger partial charge in [-0.1, -0.05) is 56.8 Å². The molecule has 2 N–H and O–H groups in total. The van der Waals surface area contributed by atoms with E-state index in [4.69, 9.17) is 9.73 Å². The molecule has 4 rings (SSSR count). The quantitative estimate of drug-likeness (QED) is 0.394. The number of thioether (sulfide) groups is 1. The van der Waals surface area contributed by atoms with Gasteiger partial charge in [-0.15, -0.1) is 0 Å². The number of anilines is 1. The van der Waals surface area contributed by atoms with Crippen LogP contribution in [0, 0.1) is 0 Å². The third kappa shape index (κ3) is 5.96. The number of nitrogens with zero attached hydrogens (tertiary/aromatic N) is 2. The van der Waals surface area contributed by atoms with Crippen LogP contribution in [0.4, 0.5) is 5.69 Å². The number of aliphatic imine (C=N–C) groups is 1. The Hall–Kier alpha value is -3.52. The van der Waals surface area contributed by atoms with E-state index >= 15 is 0 Å². The van der Waals surface area contributed by atoms with Crippen molar-refractivity contribution < 1.29 is 14.3 Å². The molecule has 0 radical (unpaired) electrons. The van der Waals surface area contributed by atoms with Gasteiger partial charge in [-0.25, -0.2) is 4.99 Å². The second kappa shape index (κ2) is 11.9. The van der Waals surface area contributed by atoms with E-state index in [2.05, 4.69) is 48.7 Å². The molecule has 200 valence electrons. The van der Waals surface area contributed by atoms with Crippen LogP contribution < -0.4 is 15.4 Å². The number of carbonyl (C=O) groups excluding carboxylic acids is 2. The normalized spacial score (nSPS) is 17.6. The summed E-state index contributed by atoms with van der Waals surface area (Å²) >= 11 is 1.49. The highest BCUT2D eigenvalue weighted by atomic mass is 32.2. The summed E-state index contributed by atoms with van der Waals surface area (Å²) in [6, 6.07) is 15.3. The number of allylic oxidation sites excluding steroid dienone is 1. The summed E-state index contributed by atoms with van der Waals surface area (Å²) in [6.07, 6.45) is 1.07. The fraction of sp³-hybridized carbons (Fsp3) is 0.367. The van der Waals surface area contributed by atoms with Crippen LogP contribution in [0.15, 0.2) is 75.9 Å². The zero-order valence-corrected chi connectivity index (χ0v) is 23.7. The molecule has 2 aliphatic rings. The van der Waals surface area contributed by atoms with Crippen LogP contribution in [0.1, 0.15) is 70.5 Å². The molecule has 2 aromatic rings. The molecule has 0 saturated carbocycles. The Bertz CT molecular complexity index is 1280. The molecule has 0 spiro atoms. The molecule has 0 bridgehead atoms. The summed E-state index contributed by atoms with van der Waals surface area (Å²) in [7, 11) is 1.61. The Morgan fingerprint density at radius 3 is 2.37 bits per heavy atom. The van der Waals surface area contributed by atoms with Crippen molar-refractivity contribution in [2.24, 2.45) is 4.99 Å². The van der Waals surface area contributed by atoms with Gasteiger partial charge in [0.1, 0.15) is 5.75 Å². The van der Waals surface area contributed by atoms with Crippen LogP contribution in [-0.4, -0.2) is 35.0 Å². The van der Waals surface area contributed by atoms with Crippen LogP contribution in [-0.2, 0) is 9.59 Å². The Morgan fingerprint density at radius 1 is 1.08 bits per heavy atom. The number of hydrogen-bond donors (Lipinski definition) is 2. The average Bonchev–Trinajstić information content (AvgIpc) is 3.29. The highest BCUT2D eigenvalue weighted by molar-refractivity contribution is 8.16. The van der Waals surface area contributed by atoms with Gasteiger partial charge in [0.15, 0.2) is 5.17 Å². The zero-order valence-electron chi connectivity index (χ0n) is 22.9. The molecule has 2 aromatic carbocycles. The molecule has 0 saturated heterocycles. The Morgan fingerprint density at radius 2 is 1.76 bits per heavy atom. The van der Waals surface area contributed by atoms with Crippen molar-refractivity contribution in [3.8, 4) is 5.75 Å². The van der Waals surface area contributed by atoms with Gasteiger partial charge >= 0.3 is 0 Å². The molecule has 2 aliphatic heterocycles. The number of carbonyl (C=O) groups is 2. The van der Waals surface area contributed by atoms with Crippen molar-refractivity contribution in [2.75, 3.05) is 12.4 Å². The Kier molecular flexibility index (Phi) is 8.62. The SMILES string of the molecule is CCC(C)NC(=O)CC1=CSC2=NC(C)=C(C(=O)Nc3ccc(OC)cc3)C(c3ccc(C(C)C)cc3)N12. The molecule has 7 nitrogen and oxygen atoms in total. The lowest BCUT2D eigenvalue weighted by Gasteiger charge is -2.36. The molecular weight excluding hydrogens is 496 g/mol. The second-order valence-electron chi connectivity index (χ2n) is 9.95. The fourth-order valence-corrected chi connectivity index (χ4v) is 5.47. The third-order valence-electron chi connectivity index (χ3n) is 6.87. The minimum atomic E-state index is -0.417. The molecule has 2 unspecified atom stereocenters. The van der Waals surface area contributed by atoms with Crippen LogP contribution in [0.5, 0.6) is 5.75 Å². The van der Waals surface area contributed by atoms with E-state index in [1.54, 1.807) is 7.11 Å². The molecule has 2 atom stereocenters. The zero-order chi connectivity index (χ0) is 27.4. The van der Waals surface area contributed by atoms with Gasteiger partial charge in [0.2, 0.25) is 5.91 Å². The number of amides is 2. The summed E-state index contributed by atoms with van der Waals surface area (Å²) in [4.78, 5) is 33.5. The lowest BCUT2D eigenvalue weighted by atomic mass is 9.91. The topological polar surface area (TPSA) is 83.0 Å². The van der Waals surface area contributed by atoms with E-state index in [9.17, 15) is 9.59 Å². The number of nitrogens with one attached hydrogen (secondary N) is 2. The summed E-state index contributed by atoms with van der Waals surface area (Å²) in [5.41, 5.74) is 4.90. The van der Waals surface area contributed by atoms with Gasteiger partial charge in [-0.05, 0) is 67.0 Å². The molecule has 0 aromatic heterocycles. The maximum atomic E-state index is 13.8. The fourth-order valence-electron chi connectivity index (χ4n) is 4.50. The highest BCUT2D eigenvalue weighted by Gasteiger charge is 2.40. The summed E-state index contributed by atoms with van der Waals surface area (Å²) in [6.45, 7) is 10.2. The number of rotatable bonds is 9. The summed E-state index contributed by atoms with van der Waals surface area (Å²) in [5, 5.41) is 8.84. The Balaban J connectivity index is 1.70. The van der Waals surface area contributed by atoms with Gasteiger partial charge in [0.05, 0.1) is 30.8 Å². The van der Waals surface area contributed by atoms with Gasteiger partial charge in [0, 0.05) is 17.4 Å². The van der Waals surface area contributed by atoms with Crippen molar-refractivity contribution in [2.45, 2.75) is 65.5 Å². The van der Waals surface area contributed by atoms with Crippen LogP contribution in [0.3, 0.4) is 0 Å². The monoisotopic (exact) mass is 532 g/mol. The lowest BCUT2D eigenvalue weighted by molar-refractivity contribution is -0.121. The van der Waals surface area contributed by atoms with Gasteiger partial charge < -0.3 is 20.3 Å². The molecule has 0 aliphatic carbocycles. The number of benzene rings is 2. The van der Waals surface area contributed by atoms with Crippen molar-refractivity contribution in [3.05, 3.63) is 82.0 Å². The number of amidine groups is 1. The molecule has 2 amide bonds. The van der Waals surface area contributed by atoms with Crippen LogP contribution in [0.25, 0.3) is 0 Å². The maximum Gasteiger partial charge on any atom is 0.255 e. The third-order valence-corrected chi connectivity index (χ3v) is 7.76. The summed E-state index contributed by atoms with van der Waals surface area (Å²) in [5.74, 6) is 0.836. The smallest absolute Gasteiger partial charge is 0.255 e. The number of methoxy groups -OCH3 is 1. The minimum absolute atomic E-state index is 0.0446. The van der Waals surface area contributed by atoms with E-state index in [1.165, 1.54) is 17.3 Å². The van der Waals surface area contributed by atoms with E-state index in [0.717, 1.165) is 22.8 Å². The number of fused-ring (bicyclic) bond motifs is 1. The van der Waals surface area contributed by atoms with Crippen molar-refractivity contribution in [3.63, 3.8) is 0 Å². The first kappa shape index (κ1) is 27.5. The van der Waals surface area contributed by atoms with E-state index in [-0.39, 0.29) is 24.3 Å². The largest absolute Gasteiger partial charge is 0.497 e. The number of ether oxygens (including phenoxy) is 1. The first-order valence-electron chi connectivity index (χ1n) is 13.0. The van der Waals surface area contributed by atoms with Gasteiger partial charge in [0.25, 0.3) is 5.91 Å². The van der Waals surface area contributed by atoms with E-state index < -0.39 is 6.04 Å². The molecule has 0 fully saturated rings. The standard InChI is InChI=1S/C30H36N4O3S/c1-7-19(4)31-26(35)16-24-17-38-30-32-20(5)27(29(36)33-23-12-14-25(37-6)15-13-23)28(34(24)30)22-10-8-21(9-11-22)18(2)3/h8-15,17-19,28H,7,16H2,1-6H3,(H,31,35)(H,33,36). The summed E-state index contributed by atoms with van der Waals surface area (Å²) < 4.78 is 5.24. The van der Waals surface area contributed by atoms with Crippen LogP contribution >= 0.6 is 11.8 Å². The molecule has 2 heterocycles. The first-order chi connectivity index (χ1) is 18.2. The van der Waals surface area contributed by atoms with Crippen molar-refractivity contribution in [1.29, 1.82) is 0 Å². The second-order valence-corrected chi connectivity index (χ2v) is 10.8. The minimum Gasteiger partial charge on any atom is -0.497 e. The van der Waals surface area contributed by atoms with E-state index in [1.807, 2.05) is 55.3 Å². The molecule has 38 heavy (non-hydrogen) atoms. The highest BCUT2D eigenvalue weighted by Crippen LogP contribution is 2.45. The van der Waals surface area contributed by atoms with Crippen LogP contribution in [0.2, 0.25) is 0 Å². The average molecular weight is 533 g/mol. The molecular formula is C30H36N4O3S. The number of hydrogen-bond acceptors (Lipinski definition) is 6. The van der Waals surface area contributed by atoms with Crippen molar-refractivity contribution in [1.82, 2.24) is 10.2 Å². The van der Waals surface area contributed by atoms with Crippen molar-refractivity contribution >= 4 is 34.4 Å².